The molecule has 1 aliphatic heterocycles. The molecule has 0 aromatic heterocycles. The minimum absolute atomic E-state index is 0.897. The van der Waals surface area contributed by atoms with Gasteiger partial charge in [-0.1, -0.05) is 24.6 Å². The van der Waals surface area contributed by atoms with Gasteiger partial charge < -0.3 is 0 Å². The molecule has 2 aliphatic rings. The van der Waals surface area contributed by atoms with Crippen LogP contribution >= 0.6 is 0 Å². The van der Waals surface area contributed by atoms with E-state index in [9.17, 15) is 0 Å². The van der Waals surface area contributed by atoms with Crippen molar-refractivity contribution in [1.82, 2.24) is 4.90 Å². The average Bonchev–Trinajstić information content (AvgIpc) is 2.39. The lowest BCUT2D eigenvalue weighted by Crippen LogP contribution is -2.41. The molecule has 1 aromatic carbocycles. The van der Waals surface area contributed by atoms with Gasteiger partial charge in [0.2, 0.25) is 0 Å². The van der Waals surface area contributed by atoms with Crippen molar-refractivity contribution in [3.8, 4) is 0 Å². The van der Waals surface area contributed by atoms with Crippen LogP contribution in [0, 0.1) is 6.92 Å². The summed E-state index contributed by atoms with van der Waals surface area (Å²) in [5, 5.41) is 0. The van der Waals surface area contributed by atoms with Gasteiger partial charge in [0.1, 0.15) is 0 Å². The highest BCUT2D eigenvalue weighted by Crippen LogP contribution is 2.27. The summed E-state index contributed by atoms with van der Waals surface area (Å²) >= 11 is 0. The lowest BCUT2D eigenvalue weighted by molar-refractivity contribution is 0.133. The Morgan fingerprint density at radius 1 is 1.06 bits per heavy atom. The van der Waals surface area contributed by atoms with Gasteiger partial charge in [-0.15, -0.1) is 0 Å². The van der Waals surface area contributed by atoms with E-state index in [4.69, 9.17) is 0 Å². The minimum atomic E-state index is 0.897. The van der Waals surface area contributed by atoms with Crippen LogP contribution in [0.15, 0.2) is 18.2 Å². The number of benzene rings is 1. The Hall–Kier alpha value is -0.820. The Bertz CT molecular complexity index is 379. The molecule has 3 rings (SSSR count). The summed E-state index contributed by atoms with van der Waals surface area (Å²) in [6.45, 7) is 6.54. The van der Waals surface area contributed by atoms with Crippen LogP contribution in [-0.4, -0.2) is 24.0 Å². The van der Waals surface area contributed by atoms with Gasteiger partial charge in [0, 0.05) is 19.1 Å². The van der Waals surface area contributed by atoms with Crippen molar-refractivity contribution in [3.63, 3.8) is 0 Å². The molecule has 0 N–H and O–H groups in total. The summed E-state index contributed by atoms with van der Waals surface area (Å²) < 4.78 is 0. The number of fused-ring (bicyclic) bond motifs is 1. The lowest BCUT2D eigenvalue weighted by atomic mass is 9.91. The van der Waals surface area contributed by atoms with E-state index in [1.807, 2.05) is 0 Å². The van der Waals surface area contributed by atoms with E-state index in [2.05, 4.69) is 30.0 Å². The van der Waals surface area contributed by atoms with Crippen molar-refractivity contribution in [3.05, 3.63) is 41.8 Å². The predicted molar refractivity (Wildman–Crippen MR) is 67.5 cm³/mol. The van der Waals surface area contributed by atoms with Crippen molar-refractivity contribution < 1.29 is 0 Å². The molecule has 1 saturated carbocycles. The zero-order chi connectivity index (χ0) is 11.0. The van der Waals surface area contributed by atoms with Gasteiger partial charge in [-0.25, -0.2) is 0 Å². The van der Waals surface area contributed by atoms with Gasteiger partial charge >= 0.3 is 0 Å². The fourth-order valence-electron chi connectivity index (χ4n) is 2.91. The third kappa shape index (κ3) is 1.89. The second-order valence-corrected chi connectivity index (χ2v) is 5.22. The fraction of sp³-hybridized carbons (Fsp3) is 0.533. The Morgan fingerprint density at radius 3 is 2.50 bits per heavy atom. The standard InChI is InChI=1S/C15H20N/c1-12-5-6-13-7-9-16(15-3-2-4-15)10-8-14(13)11-12/h5-6,11,15H,1-4,7-10H2. The molecule has 0 spiro atoms. The summed E-state index contributed by atoms with van der Waals surface area (Å²) in [5.74, 6) is 0. The molecule has 0 unspecified atom stereocenters. The van der Waals surface area contributed by atoms with Crippen LogP contribution in [0.25, 0.3) is 0 Å². The molecular formula is C15H20N. The van der Waals surface area contributed by atoms with Crippen LogP contribution in [0.5, 0.6) is 0 Å². The van der Waals surface area contributed by atoms with Gasteiger partial charge in [0.05, 0.1) is 0 Å². The number of rotatable bonds is 1. The van der Waals surface area contributed by atoms with Gasteiger partial charge in [-0.2, -0.15) is 0 Å². The Balaban J connectivity index is 1.76. The zero-order valence-electron chi connectivity index (χ0n) is 9.91. The molecule has 16 heavy (non-hydrogen) atoms. The number of hydrogen-bond donors (Lipinski definition) is 0. The maximum Gasteiger partial charge on any atom is 0.00955 e. The molecule has 1 heteroatoms. The molecule has 1 radical (unpaired) electrons. The van der Waals surface area contributed by atoms with E-state index in [1.165, 1.54) is 50.8 Å². The summed E-state index contributed by atoms with van der Waals surface area (Å²) in [6, 6.07) is 7.60. The first kappa shape index (κ1) is 10.3. The number of nitrogens with zero attached hydrogens (tertiary/aromatic N) is 1. The van der Waals surface area contributed by atoms with Crippen LogP contribution in [0.2, 0.25) is 0 Å². The van der Waals surface area contributed by atoms with Crippen molar-refractivity contribution in [2.24, 2.45) is 0 Å². The maximum atomic E-state index is 4.03. The molecule has 1 fully saturated rings. The van der Waals surface area contributed by atoms with E-state index in [0.717, 1.165) is 11.6 Å². The molecule has 1 aromatic rings. The topological polar surface area (TPSA) is 3.24 Å². The molecule has 0 saturated heterocycles. The summed E-state index contributed by atoms with van der Waals surface area (Å²) in [7, 11) is 0. The van der Waals surface area contributed by atoms with E-state index in [0.29, 0.717) is 0 Å². The SMILES string of the molecule is [CH2]c1ccc2c(c1)CCN(C1CCC1)CC2. The summed E-state index contributed by atoms with van der Waals surface area (Å²) in [5.41, 5.74) is 4.25. The normalized spacial score (nSPS) is 22.3. The zero-order valence-corrected chi connectivity index (χ0v) is 9.91. The van der Waals surface area contributed by atoms with E-state index in [-0.39, 0.29) is 0 Å². The first-order valence-corrected chi connectivity index (χ1v) is 6.51. The summed E-state index contributed by atoms with van der Waals surface area (Å²) in [4.78, 5) is 2.70. The van der Waals surface area contributed by atoms with E-state index >= 15 is 0 Å². The highest BCUT2D eigenvalue weighted by molar-refractivity contribution is 5.34. The summed E-state index contributed by atoms with van der Waals surface area (Å²) in [6.07, 6.45) is 6.74. The van der Waals surface area contributed by atoms with Gasteiger partial charge in [0.25, 0.3) is 0 Å². The molecule has 1 heterocycles. The van der Waals surface area contributed by atoms with Crippen LogP contribution in [-0.2, 0) is 12.8 Å². The Labute approximate surface area is 98.5 Å². The quantitative estimate of drug-likeness (QED) is 0.695. The Kier molecular flexibility index (Phi) is 2.72. The van der Waals surface area contributed by atoms with Gasteiger partial charge in [-0.3, -0.25) is 4.90 Å². The van der Waals surface area contributed by atoms with Crippen molar-refractivity contribution in [2.45, 2.75) is 38.1 Å². The molecule has 85 valence electrons. The Morgan fingerprint density at radius 2 is 1.81 bits per heavy atom. The number of hydrogen-bond acceptors (Lipinski definition) is 1. The largest absolute Gasteiger partial charge is 0.300 e. The van der Waals surface area contributed by atoms with Crippen molar-refractivity contribution in [1.29, 1.82) is 0 Å². The minimum Gasteiger partial charge on any atom is -0.300 e. The van der Waals surface area contributed by atoms with Crippen LogP contribution in [0.1, 0.15) is 36.0 Å². The highest BCUT2D eigenvalue weighted by Gasteiger charge is 2.26. The lowest BCUT2D eigenvalue weighted by Gasteiger charge is -2.36. The second-order valence-electron chi connectivity index (χ2n) is 5.22. The van der Waals surface area contributed by atoms with Gasteiger partial charge in [0.15, 0.2) is 0 Å². The molecule has 1 nitrogen and oxygen atoms in total. The molecule has 1 aliphatic carbocycles. The highest BCUT2D eigenvalue weighted by atomic mass is 15.2. The maximum absolute atomic E-state index is 4.03. The van der Waals surface area contributed by atoms with Crippen LogP contribution in [0.3, 0.4) is 0 Å². The van der Waals surface area contributed by atoms with Crippen LogP contribution < -0.4 is 0 Å². The van der Waals surface area contributed by atoms with Crippen molar-refractivity contribution >= 4 is 0 Å². The van der Waals surface area contributed by atoms with E-state index in [1.54, 1.807) is 5.56 Å². The monoisotopic (exact) mass is 214 g/mol. The average molecular weight is 214 g/mol. The van der Waals surface area contributed by atoms with Crippen LogP contribution in [0.4, 0.5) is 0 Å². The third-order valence-electron chi connectivity index (χ3n) is 4.20. The molecular weight excluding hydrogens is 194 g/mol. The fourth-order valence-corrected chi connectivity index (χ4v) is 2.91. The predicted octanol–water partition coefficient (Wildman–Crippen LogP) is 2.82. The smallest absolute Gasteiger partial charge is 0.00955 e. The van der Waals surface area contributed by atoms with Crippen molar-refractivity contribution in [2.75, 3.05) is 13.1 Å². The second kappa shape index (κ2) is 4.21. The van der Waals surface area contributed by atoms with E-state index < -0.39 is 0 Å². The molecule has 0 bridgehead atoms. The molecule has 0 amide bonds. The first-order valence-electron chi connectivity index (χ1n) is 6.51. The van der Waals surface area contributed by atoms with Gasteiger partial charge in [-0.05, 0) is 49.3 Å². The molecule has 0 atom stereocenters. The first-order chi connectivity index (χ1) is 7.83. The third-order valence-corrected chi connectivity index (χ3v) is 4.20.